The number of hydrogen-bond acceptors (Lipinski definition) is 2. The van der Waals surface area contributed by atoms with Crippen LogP contribution in [0.2, 0.25) is 0 Å². The van der Waals surface area contributed by atoms with E-state index in [0.29, 0.717) is 0 Å². The standard InChI is InChI=1S/C11H12BrNOS/c1-8(14)10-3-2-5-13(10)7-11-9(12)4-6-15-11/h2-6,8,14H,7H2,1H3. The van der Waals surface area contributed by atoms with Crippen molar-refractivity contribution in [3.05, 3.63) is 44.8 Å². The summed E-state index contributed by atoms with van der Waals surface area (Å²) < 4.78 is 3.21. The zero-order valence-electron chi connectivity index (χ0n) is 8.35. The first kappa shape index (κ1) is 10.9. The number of hydrogen-bond donors (Lipinski definition) is 1. The van der Waals surface area contributed by atoms with Gasteiger partial charge in [-0.05, 0) is 46.4 Å². The van der Waals surface area contributed by atoms with Crippen LogP contribution in [-0.4, -0.2) is 9.67 Å². The Labute approximate surface area is 101 Å². The zero-order chi connectivity index (χ0) is 10.8. The molecule has 2 heterocycles. The van der Waals surface area contributed by atoms with E-state index in [-0.39, 0.29) is 0 Å². The first-order valence-electron chi connectivity index (χ1n) is 4.73. The van der Waals surface area contributed by atoms with Gasteiger partial charge in [0.1, 0.15) is 0 Å². The molecule has 1 atom stereocenters. The van der Waals surface area contributed by atoms with Gasteiger partial charge in [0.25, 0.3) is 0 Å². The van der Waals surface area contributed by atoms with Crippen LogP contribution in [0.25, 0.3) is 0 Å². The first-order chi connectivity index (χ1) is 7.18. The minimum atomic E-state index is -0.418. The third kappa shape index (κ3) is 2.33. The largest absolute Gasteiger partial charge is 0.387 e. The van der Waals surface area contributed by atoms with Gasteiger partial charge in [0.05, 0.1) is 12.6 Å². The topological polar surface area (TPSA) is 25.2 Å². The summed E-state index contributed by atoms with van der Waals surface area (Å²) in [7, 11) is 0. The van der Waals surface area contributed by atoms with Gasteiger partial charge in [-0.3, -0.25) is 0 Å². The lowest BCUT2D eigenvalue weighted by Gasteiger charge is -2.10. The van der Waals surface area contributed by atoms with Crippen molar-refractivity contribution in [1.82, 2.24) is 4.57 Å². The van der Waals surface area contributed by atoms with Crippen molar-refractivity contribution < 1.29 is 5.11 Å². The first-order valence-corrected chi connectivity index (χ1v) is 6.40. The van der Waals surface area contributed by atoms with Crippen molar-refractivity contribution >= 4 is 27.3 Å². The molecule has 1 N–H and O–H groups in total. The van der Waals surface area contributed by atoms with Gasteiger partial charge in [0.2, 0.25) is 0 Å². The van der Waals surface area contributed by atoms with E-state index in [0.717, 1.165) is 16.7 Å². The molecule has 2 aromatic rings. The summed E-state index contributed by atoms with van der Waals surface area (Å²) in [6.07, 6.45) is 1.58. The van der Waals surface area contributed by atoms with E-state index < -0.39 is 6.10 Å². The molecule has 2 aromatic heterocycles. The fourth-order valence-corrected chi connectivity index (χ4v) is 3.02. The number of aromatic nitrogens is 1. The molecule has 0 bridgehead atoms. The fourth-order valence-electron chi connectivity index (χ4n) is 1.54. The van der Waals surface area contributed by atoms with E-state index in [1.165, 1.54) is 4.88 Å². The van der Waals surface area contributed by atoms with Crippen LogP contribution in [0.1, 0.15) is 23.6 Å². The van der Waals surface area contributed by atoms with E-state index in [2.05, 4.69) is 25.9 Å². The number of nitrogens with zero attached hydrogens (tertiary/aromatic N) is 1. The second-order valence-corrected chi connectivity index (χ2v) is 5.28. The molecule has 0 amide bonds. The maximum absolute atomic E-state index is 9.56. The molecule has 4 heteroatoms. The summed E-state index contributed by atoms with van der Waals surface area (Å²) in [5.41, 5.74) is 0.954. The summed E-state index contributed by atoms with van der Waals surface area (Å²) in [5.74, 6) is 0. The van der Waals surface area contributed by atoms with Gasteiger partial charge in [-0.2, -0.15) is 0 Å². The SMILES string of the molecule is CC(O)c1cccn1Cc1sccc1Br. The van der Waals surface area contributed by atoms with Crippen molar-refractivity contribution in [3.63, 3.8) is 0 Å². The highest BCUT2D eigenvalue weighted by atomic mass is 79.9. The monoisotopic (exact) mass is 285 g/mol. The van der Waals surface area contributed by atoms with Crippen molar-refractivity contribution in [2.24, 2.45) is 0 Å². The van der Waals surface area contributed by atoms with Gasteiger partial charge in [-0.15, -0.1) is 11.3 Å². The zero-order valence-corrected chi connectivity index (χ0v) is 10.8. The summed E-state index contributed by atoms with van der Waals surface area (Å²) in [5, 5.41) is 11.6. The highest BCUT2D eigenvalue weighted by Crippen LogP contribution is 2.25. The maximum atomic E-state index is 9.56. The molecule has 0 aliphatic heterocycles. The van der Waals surface area contributed by atoms with E-state index >= 15 is 0 Å². The molecule has 0 aliphatic rings. The summed E-state index contributed by atoms with van der Waals surface area (Å²) in [6.45, 7) is 2.60. The lowest BCUT2D eigenvalue weighted by molar-refractivity contribution is 0.190. The third-order valence-corrected chi connectivity index (χ3v) is 4.21. The van der Waals surface area contributed by atoms with Gasteiger partial charge in [-0.25, -0.2) is 0 Å². The molecule has 2 rings (SSSR count). The van der Waals surface area contributed by atoms with Crippen molar-refractivity contribution in [2.75, 3.05) is 0 Å². The molecular formula is C11H12BrNOS. The molecule has 0 aromatic carbocycles. The molecular weight excluding hydrogens is 274 g/mol. The average molecular weight is 286 g/mol. The number of halogens is 1. The normalized spacial score (nSPS) is 13.0. The number of rotatable bonds is 3. The second kappa shape index (κ2) is 4.51. The van der Waals surface area contributed by atoms with Crippen molar-refractivity contribution in [3.8, 4) is 0 Å². The number of aliphatic hydroxyl groups is 1. The summed E-state index contributed by atoms with van der Waals surface area (Å²) in [6, 6.07) is 5.96. The van der Waals surface area contributed by atoms with Gasteiger partial charge in [0, 0.05) is 21.2 Å². The van der Waals surface area contributed by atoms with Crippen LogP contribution in [0.3, 0.4) is 0 Å². The smallest absolute Gasteiger partial charge is 0.0911 e. The van der Waals surface area contributed by atoms with Gasteiger partial charge < -0.3 is 9.67 Å². The van der Waals surface area contributed by atoms with Crippen LogP contribution >= 0.6 is 27.3 Å². The minimum absolute atomic E-state index is 0.418. The van der Waals surface area contributed by atoms with Gasteiger partial charge in [-0.1, -0.05) is 0 Å². The third-order valence-electron chi connectivity index (χ3n) is 2.30. The molecule has 0 aliphatic carbocycles. The minimum Gasteiger partial charge on any atom is -0.387 e. The lowest BCUT2D eigenvalue weighted by Crippen LogP contribution is -2.04. The van der Waals surface area contributed by atoms with Crippen molar-refractivity contribution in [2.45, 2.75) is 19.6 Å². The molecule has 0 saturated heterocycles. The Morgan fingerprint density at radius 3 is 2.93 bits per heavy atom. The van der Waals surface area contributed by atoms with E-state index in [4.69, 9.17) is 0 Å². The quantitative estimate of drug-likeness (QED) is 0.919. The Balaban J connectivity index is 2.25. The average Bonchev–Trinajstić information content (AvgIpc) is 2.77. The Morgan fingerprint density at radius 1 is 1.53 bits per heavy atom. The Bertz CT molecular complexity index is 447. The van der Waals surface area contributed by atoms with Crippen LogP contribution in [0, 0.1) is 0 Å². The Hall–Kier alpha value is -0.580. The molecule has 0 fully saturated rings. The predicted octanol–water partition coefficient (Wildman–Crippen LogP) is 3.41. The molecule has 0 spiro atoms. The highest BCUT2D eigenvalue weighted by Gasteiger charge is 2.08. The van der Waals surface area contributed by atoms with E-state index in [9.17, 15) is 5.11 Å². The van der Waals surface area contributed by atoms with Crippen LogP contribution in [0.15, 0.2) is 34.2 Å². The van der Waals surface area contributed by atoms with Gasteiger partial charge in [0.15, 0.2) is 0 Å². The van der Waals surface area contributed by atoms with Crippen LogP contribution < -0.4 is 0 Å². The summed E-state index contributed by atoms with van der Waals surface area (Å²) >= 11 is 5.23. The van der Waals surface area contributed by atoms with E-state index in [1.807, 2.05) is 24.4 Å². The highest BCUT2D eigenvalue weighted by molar-refractivity contribution is 9.10. The lowest BCUT2D eigenvalue weighted by atomic mass is 10.3. The van der Waals surface area contributed by atoms with Crippen LogP contribution in [0.4, 0.5) is 0 Å². The number of aliphatic hydroxyl groups excluding tert-OH is 1. The second-order valence-electron chi connectivity index (χ2n) is 3.43. The molecule has 2 nitrogen and oxygen atoms in total. The Morgan fingerprint density at radius 2 is 2.33 bits per heavy atom. The van der Waals surface area contributed by atoms with Crippen LogP contribution in [0.5, 0.6) is 0 Å². The molecule has 80 valence electrons. The number of thiophene rings is 1. The Kier molecular flexibility index (Phi) is 3.29. The molecule has 15 heavy (non-hydrogen) atoms. The molecule has 1 unspecified atom stereocenters. The summed E-state index contributed by atoms with van der Waals surface area (Å²) in [4.78, 5) is 1.27. The van der Waals surface area contributed by atoms with Gasteiger partial charge >= 0.3 is 0 Å². The van der Waals surface area contributed by atoms with Crippen LogP contribution in [-0.2, 0) is 6.54 Å². The molecule has 0 radical (unpaired) electrons. The van der Waals surface area contributed by atoms with Crippen molar-refractivity contribution in [1.29, 1.82) is 0 Å². The fraction of sp³-hybridized carbons (Fsp3) is 0.273. The van der Waals surface area contributed by atoms with E-state index in [1.54, 1.807) is 18.3 Å². The maximum Gasteiger partial charge on any atom is 0.0911 e. The molecule has 0 saturated carbocycles. The predicted molar refractivity (Wildman–Crippen MR) is 66.2 cm³/mol.